The van der Waals surface area contributed by atoms with Crippen LogP contribution in [0.4, 0.5) is 0 Å². The maximum atomic E-state index is 10.9. The van der Waals surface area contributed by atoms with Gasteiger partial charge in [-0.2, -0.15) is 0 Å². The number of carboxylic acids is 1. The van der Waals surface area contributed by atoms with Gasteiger partial charge >= 0.3 is 5.97 Å². The van der Waals surface area contributed by atoms with Crippen LogP contribution in [0.2, 0.25) is 0 Å². The van der Waals surface area contributed by atoms with Crippen LogP contribution in [0.5, 0.6) is 0 Å². The molecule has 2 atom stereocenters. The van der Waals surface area contributed by atoms with Gasteiger partial charge in [-0.3, -0.25) is 4.79 Å². The maximum absolute atomic E-state index is 10.9. The summed E-state index contributed by atoms with van der Waals surface area (Å²) in [5.74, 6) is -0.265. The van der Waals surface area contributed by atoms with Gasteiger partial charge in [-0.1, -0.05) is 19.0 Å². The summed E-state index contributed by atoms with van der Waals surface area (Å²) in [4.78, 5) is 10.9. The Morgan fingerprint density at radius 3 is 2.64 bits per heavy atom. The number of rotatable bonds is 2. The number of carbonyl (C=O) groups is 1. The van der Waals surface area contributed by atoms with Crippen molar-refractivity contribution >= 4 is 5.97 Å². The van der Waals surface area contributed by atoms with E-state index in [4.69, 9.17) is 9.63 Å². The zero-order valence-corrected chi connectivity index (χ0v) is 8.44. The van der Waals surface area contributed by atoms with Crippen LogP contribution in [0.15, 0.2) is 10.7 Å². The van der Waals surface area contributed by atoms with Crippen molar-refractivity contribution in [2.24, 2.45) is 11.3 Å². The minimum absolute atomic E-state index is 0.0475. The molecule has 1 fully saturated rings. The standard InChI is InChI=1S/C10H13NO3/c1-5-6(4-11-14-5)7-8(9(12)13)10(7,2)3/h4,7-8H,1-3H3,(H,12,13)/t7-,8+/m1/s1. The molecule has 0 bridgehead atoms. The molecule has 0 aliphatic heterocycles. The second kappa shape index (κ2) is 2.59. The van der Waals surface area contributed by atoms with Crippen molar-refractivity contribution in [1.82, 2.24) is 5.16 Å². The summed E-state index contributed by atoms with van der Waals surface area (Å²) in [5.41, 5.74) is 0.754. The summed E-state index contributed by atoms with van der Waals surface area (Å²) in [5, 5.41) is 12.7. The first-order valence-electron chi connectivity index (χ1n) is 4.60. The average molecular weight is 195 g/mol. The van der Waals surface area contributed by atoms with Crippen molar-refractivity contribution in [1.29, 1.82) is 0 Å². The fourth-order valence-electron chi connectivity index (χ4n) is 2.28. The van der Waals surface area contributed by atoms with E-state index < -0.39 is 5.97 Å². The lowest BCUT2D eigenvalue weighted by Gasteiger charge is -1.98. The monoisotopic (exact) mass is 195 g/mol. The number of aliphatic carboxylic acids is 1. The Balaban J connectivity index is 2.32. The lowest BCUT2D eigenvalue weighted by Crippen LogP contribution is -2.03. The highest BCUT2D eigenvalue weighted by Gasteiger charge is 2.63. The highest BCUT2D eigenvalue weighted by atomic mass is 16.5. The predicted octanol–water partition coefficient (Wildman–Crippen LogP) is 1.81. The molecule has 0 saturated heterocycles. The van der Waals surface area contributed by atoms with Crippen LogP contribution in [0.1, 0.15) is 31.1 Å². The van der Waals surface area contributed by atoms with E-state index >= 15 is 0 Å². The number of hydrogen-bond donors (Lipinski definition) is 1. The van der Waals surface area contributed by atoms with Crippen LogP contribution in [-0.2, 0) is 4.79 Å². The molecule has 2 rings (SSSR count). The van der Waals surface area contributed by atoms with Gasteiger partial charge < -0.3 is 9.63 Å². The van der Waals surface area contributed by atoms with Crippen molar-refractivity contribution in [3.63, 3.8) is 0 Å². The smallest absolute Gasteiger partial charge is 0.307 e. The summed E-state index contributed by atoms with van der Waals surface area (Å²) in [6.07, 6.45) is 1.63. The predicted molar refractivity (Wildman–Crippen MR) is 48.9 cm³/mol. The maximum Gasteiger partial charge on any atom is 0.307 e. The molecule has 1 aromatic heterocycles. The summed E-state index contributed by atoms with van der Waals surface area (Å²) >= 11 is 0. The minimum atomic E-state index is -0.736. The van der Waals surface area contributed by atoms with Crippen LogP contribution < -0.4 is 0 Å². The molecule has 0 amide bonds. The topological polar surface area (TPSA) is 63.3 Å². The molecule has 0 radical (unpaired) electrons. The van der Waals surface area contributed by atoms with Crippen molar-refractivity contribution in [3.8, 4) is 0 Å². The molecule has 14 heavy (non-hydrogen) atoms. The number of hydrogen-bond acceptors (Lipinski definition) is 3. The minimum Gasteiger partial charge on any atom is -0.481 e. The fourth-order valence-corrected chi connectivity index (χ4v) is 2.28. The van der Waals surface area contributed by atoms with E-state index in [0.717, 1.165) is 11.3 Å². The molecule has 1 heterocycles. The lowest BCUT2D eigenvalue weighted by molar-refractivity contribution is -0.139. The average Bonchev–Trinajstić information content (AvgIpc) is 2.42. The van der Waals surface area contributed by atoms with Gasteiger partial charge in [0.1, 0.15) is 5.76 Å². The van der Waals surface area contributed by atoms with Gasteiger partial charge in [0.2, 0.25) is 0 Å². The molecule has 1 aliphatic carbocycles. The third-order valence-corrected chi connectivity index (χ3v) is 3.22. The summed E-state index contributed by atoms with van der Waals surface area (Å²) in [7, 11) is 0. The first-order valence-corrected chi connectivity index (χ1v) is 4.60. The second-order valence-electron chi connectivity index (χ2n) is 4.45. The highest BCUT2D eigenvalue weighted by molar-refractivity contribution is 5.77. The fraction of sp³-hybridized carbons (Fsp3) is 0.600. The quantitative estimate of drug-likeness (QED) is 0.781. The van der Waals surface area contributed by atoms with Gasteiger partial charge in [0.05, 0.1) is 12.1 Å². The SMILES string of the molecule is Cc1oncc1[C@@H]1[C@@H](C(=O)O)C1(C)C. The van der Waals surface area contributed by atoms with E-state index in [1.807, 2.05) is 20.8 Å². The van der Waals surface area contributed by atoms with Gasteiger partial charge in [-0.25, -0.2) is 0 Å². The van der Waals surface area contributed by atoms with Crippen LogP contribution >= 0.6 is 0 Å². The third-order valence-electron chi connectivity index (χ3n) is 3.22. The van der Waals surface area contributed by atoms with E-state index in [2.05, 4.69) is 5.16 Å². The normalized spacial score (nSPS) is 28.8. The molecule has 1 aromatic rings. The Bertz CT molecular complexity index is 380. The van der Waals surface area contributed by atoms with Crippen LogP contribution in [0.25, 0.3) is 0 Å². The molecule has 1 saturated carbocycles. The Hall–Kier alpha value is -1.32. The zero-order valence-electron chi connectivity index (χ0n) is 8.44. The largest absolute Gasteiger partial charge is 0.481 e. The van der Waals surface area contributed by atoms with Gasteiger partial charge in [-0.05, 0) is 12.3 Å². The molecular formula is C10H13NO3. The van der Waals surface area contributed by atoms with Crippen LogP contribution in [0.3, 0.4) is 0 Å². The number of nitrogens with zero attached hydrogens (tertiary/aromatic N) is 1. The van der Waals surface area contributed by atoms with Gasteiger partial charge in [0, 0.05) is 11.5 Å². The van der Waals surface area contributed by atoms with Crippen LogP contribution in [0, 0.1) is 18.3 Å². The van der Waals surface area contributed by atoms with E-state index in [9.17, 15) is 4.79 Å². The van der Waals surface area contributed by atoms with Gasteiger partial charge in [0.25, 0.3) is 0 Å². The molecule has 0 spiro atoms. The molecule has 4 nitrogen and oxygen atoms in total. The van der Waals surface area contributed by atoms with Crippen molar-refractivity contribution < 1.29 is 14.4 Å². The molecule has 1 N–H and O–H groups in total. The number of aromatic nitrogens is 1. The van der Waals surface area contributed by atoms with E-state index in [0.29, 0.717) is 0 Å². The molecular weight excluding hydrogens is 182 g/mol. The van der Waals surface area contributed by atoms with E-state index in [1.54, 1.807) is 6.20 Å². The molecule has 76 valence electrons. The van der Waals surface area contributed by atoms with E-state index in [-0.39, 0.29) is 17.3 Å². The van der Waals surface area contributed by atoms with Crippen molar-refractivity contribution in [2.45, 2.75) is 26.7 Å². The summed E-state index contributed by atoms with van der Waals surface area (Å²) in [6.45, 7) is 5.74. The third kappa shape index (κ3) is 1.06. The second-order valence-corrected chi connectivity index (χ2v) is 4.45. The lowest BCUT2D eigenvalue weighted by atomic mass is 10.0. The Labute approximate surface area is 81.9 Å². The Morgan fingerprint density at radius 1 is 1.64 bits per heavy atom. The van der Waals surface area contributed by atoms with Gasteiger partial charge in [0.15, 0.2) is 0 Å². The molecule has 1 aliphatic rings. The zero-order chi connectivity index (χ0) is 10.5. The van der Waals surface area contributed by atoms with Crippen LogP contribution in [-0.4, -0.2) is 16.2 Å². The highest BCUT2D eigenvalue weighted by Crippen LogP contribution is 2.64. The van der Waals surface area contributed by atoms with Crippen molar-refractivity contribution in [2.75, 3.05) is 0 Å². The molecule has 0 aromatic carbocycles. The van der Waals surface area contributed by atoms with Gasteiger partial charge in [-0.15, -0.1) is 0 Å². The molecule has 4 heteroatoms. The molecule has 0 unspecified atom stereocenters. The summed E-state index contributed by atoms with van der Waals surface area (Å²) < 4.78 is 4.94. The summed E-state index contributed by atoms with van der Waals surface area (Å²) in [6, 6.07) is 0. The Morgan fingerprint density at radius 2 is 2.29 bits per heavy atom. The van der Waals surface area contributed by atoms with E-state index in [1.165, 1.54) is 0 Å². The number of aryl methyl sites for hydroxylation is 1. The first-order chi connectivity index (χ1) is 6.46. The Kier molecular flexibility index (Phi) is 1.71. The first kappa shape index (κ1) is 9.24. The number of carboxylic acid groups (broad SMARTS) is 1. The van der Waals surface area contributed by atoms with Crippen molar-refractivity contribution in [3.05, 3.63) is 17.5 Å².